The van der Waals surface area contributed by atoms with Crippen molar-refractivity contribution in [1.82, 2.24) is 39.2 Å². The second-order valence-corrected chi connectivity index (χ2v) is 13.8. The highest BCUT2D eigenvalue weighted by Gasteiger charge is 2.42. The van der Waals surface area contributed by atoms with Crippen LogP contribution in [0.25, 0.3) is 16.8 Å². The van der Waals surface area contributed by atoms with Crippen LogP contribution >= 0.6 is 0 Å². The van der Waals surface area contributed by atoms with E-state index in [0.717, 1.165) is 46.7 Å². The fourth-order valence-corrected chi connectivity index (χ4v) is 6.94. The van der Waals surface area contributed by atoms with Gasteiger partial charge >= 0.3 is 0 Å². The SMILES string of the molecule is [B]C([B])(c1cccc(C(=O)N(C)C)n1)N1CC(n2ncc3c2C(C)N(C)c2c(Nc4cc(NC(=O)C5CC5)nc5cc(C)nn45)cccc2-3)C1. The van der Waals surface area contributed by atoms with Crippen molar-refractivity contribution in [3.8, 4) is 11.1 Å². The van der Waals surface area contributed by atoms with Gasteiger partial charge in [0, 0.05) is 69.1 Å². The normalized spacial score (nSPS) is 17.6. The molecule has 4 aromatic heterocycles. The van der Waals surface area contributed by atoms with E-state index in [1.165, 1.54) is 4.90 Å². The number of carbonyl (C=O) groups is 2. The van der Waals surface area contributed by atoms with E-state index in [4.69, 9.17) is 20.8 Å². The summed E-state index contributed by atoms with van der Waals surface area (Å²) < 4.78 is 3.86. The lowest BCUT2D eigenvalue weighted by Gasteiger charge is -2.50. The van der Waals surface area contributed by atoms with Crippen LogP contribution in [0.15, 0.2) is 54.7 Å². The molecular formula is C35H37B2N11O2. The zero-order valence-electron chi connectivity index (χ0n) is 28.8. The van der Waals surface area contributed by atoms with Crippen LogP contribution in [-0.2, 0) is 10.1 Å². The topological polar surface area (TPSA) is 129 Å². The number of nitrogens with zero attached hydrogens (tertiary/aromatic N) is 9. The number of likely N-dealkylation sites (tertiary alicyclic amines) is 1. The number of hydrogen-bond acceptors (Lipinski definition) is 9. The van der Waals surface area contributed by atoms with Gasteiger partial charge in [-0.25, -0.2) is 9.97 Å². The van der Waals surface area contributed by atoms with Gasteiger partial charge in [-0.15, -0.1) is 0 Å². The summed E-state index contributed by atoms with van der Waals surface area (Å²) in [6.07, 6.45) is 3.76. The van der Waals surface area contributed by atoms with Crippen molar-refractivity contribution >= 4 is 56.2 Å². The molecule has 13 nitrogen and oxygen atoms in total. The maximum atomic E-state index is 12.6. The van der Waals surface area contributed by atoms with Crippen LogP contribution in [0, 0.1) is 12.8 Å². The number of aromatic nitrogens is 6. The average Bonchev–Trinajstić information content (AvgIpc) is 3.72. The standard InChI is InChI=1S/C35H37B2N11O2/c1-19-14-29-41-28(42-33(49)21-12-13-21)15-30(48(29)43-19)40-25-9-6-8-23-24-16-38-47(31(24)20(2)45(5)32(23)25)22-17-46(18-22)35(36,37)27-11-7-10-26(39-27)34(50)44(3)4/h6-11,14-16,20-22,40H,12-13,17-18H2,1-5H3,(H,41,42,49). The number of carbonyl (C=O) groups excluding carboxylic acids is 2. The summed E-state index contributed by atoms with van der Waals surface area (Å²) in [5.41, 5.74) is 7.34. The molecule has 50 heavy (non-hydrogen) atoms. The lowest BCUT2D eigenvalue weighted by Crippen LogP contribution is -2.60. The van der Waals surface area contributed by atoms with Crippen molar-refractivity contribution in [2.24, 2.45) is 5.92 Å². The third kappa shape index (κ3) is 5.31. The van der Waals surface area contributed by atoms with Crippen molar-refractivity contribution in [2.75, 3.05) is 49.8 Å². The molecule has 2 N–H and O–H groups in total. The van der Waals surface area contributed by atoms with Gasteiger partial charge in [0.05, 0.1) is 56.7 Å². The first-order valence-corrected chi connectivity index (χ1v) is 16.8. The van der Waals surface area contributed by atoms with Gasteiger partial charge in [-0.3, -0.25) is 14.3 Å². The molecule has 1 saturated carbocycles. The fraction of sp³-hybridized carbons (Fsp3) is 0.371. The molecule has 2 amide bonds. The predicted octanol–water partition coefficient (Wildman–Crippen LogP) is 3.61. The number of nitrogens with one attached hydrogen (secondary N) is 2. The summed E-state index contributed by atoms with van der Waals surface area (Å²) in [5, 5.41) is 14.8. The first-order chi connectivity index (χ1) is 23.9. The summed E-state index contributed by atoms with van der Waals surface area (Å²) in [5.74, 6) is 1.04. The molecule has 0 bridgehead atoms. The molecule has 4 radical (unpaired) electrons. The molecule has 1 aliphatic carbocycles. The van der Waals surface area contributed by atoms with Crippen molar-refractivity contribution in [3.63, 3.8) is 0 Å². The summed E-state index contributed by atoms with van der Waals surface area (Å²) >= 11 is 0. The van der Waals surface area contributed by atoms with E-state index in [9.17, 15) is 9.59 Å². The van der Waals surface area contributed by atoms with Gasteiger partial charge in [0.15, 0.2) is 5.65 Å². The highest BCUT2D eigenvalue weighted by atomic mass is 16.2. The zero-order chi connectivity index (χ0) is 35.1. The number of anilines is 4. The van der Waals surface area contributed by atoms with Gasteiger partial charge in [-0.05, 0) is 50.2 Å². The number of para-hydroxylation sites is 1. The van der Waals surface area contributed by atoms with Crippen LogP contribution in [0.1, 0.15) is 59.4 Å². The molecule has 0 spiro atoms. The second kappa shape index (κ2) is 11.7. The van der Waals surface area contributed by atoms with Gasteiger partial charge in [-0.1, -0.05) is 18.2 Å². The van der Waals surface area contributed by atoms with Gasteiger partial charge in [0.2, 0.25) is 5.91 Å². The molecule has 1 atom stereocenters. The Bertz CT molecular complexity index is 2170. The van der Waals surface area contributed by atoms with Gasteiger partial charge in [0.1, 0.15) is 17.3 Å². The Morgan fingerprint density at radius 2 is 1.78 bits per heavy atom. The summed E-state index contributed by atoms with van der Waals surface area (Å²) in [6.45, 7) is 5.24. The van der Waals surface area contributed by atoms with E-state index >= 15 is 0 Å². The van der Waals surface area contributed by atoms with E-state index in [1.807, 2.05) is 42.3 Å². The minimum Gasteiger partial charge on any atom is -0.364 e. The largest absolute Gasteiger partial charge is 0.364 e. The highest BCUT2D eigenvalue weighted by molar-refractivity contribution is 6.39. The third-order valence-electron chi connectivity index (χ3n) is 10.0. The smallest absolute Gasteiger partial charge is 0.271 e. The maximum absolute atomic E-state index is 12.6. The molecule has 3 aliphatic rings. The summed E-state index contributed by atoms with van der Waals surface area (Å²) in [7, 11) is 18.8. The third-order valence-corrected chi connectivity index (χ3v) is 10.0. The Hall–Kier alpha value is -5.17. The number of rotatable bonds is 8. The first-order valence-electron chi connectivity index (χ1n) is 16.8. The fourth-order valence-electron chi connectivity index (χ4n) is 6.94. The van der Waals surface area contributed by atoms with Crippen LogP contribution in [0.2, 0.25) is 0 Å². The number of amides is 2. The highest BCUT2D eigenvalue weighted by Crippen LogP contribution is 2.49. The Morgan fingerprint density at radius 1 is 1.02 bits per heavy atom. The van der Waals surface area contributed by atoms with Crippen molar-refractivity contribution in [3.05, 3.63) is 77.5 Å². The van der Waals surface area contributed by atoms with Crippen LogP contribution in [-0.4, -0.2) is 101 Å². The minimum atomic E-state index is -1.35. The average molecular weight is 665 g/mol. The van der Waals surface area contributed by atoms with Crippen molar-refractivity contribution < 1.29 is 9.59 Å². The van der Waals surface area contributed by atoms with Crippen molar-refractivity contribution in [1.29, 1.82) is 0 Å². The summed E-state index contributed by atoms with van der Waals surface area (Å²) in [4.78, 5) is 40.0. The predicted molar refractivity (Wildman–Crippen MR) is 193 cm³/mol. The maximum Gasteiger partial charge on any atom is 0.271 e. The quantitative estimate of drug-likeness (QED) is 0.239. The number of benzene rings is 1. The Balaban J connectivity index is 1.07. The molecule has 1 unspecified atom stereocenters. The molecule has 15 heteroatoms. The molecule has 1 aromatic carbocycles. The van der Waals surface area contributed by atoms with E-state index in [0.29, 0.717) is 41.8 Å². The summed E-state index contributed by atoms with van der Waals surface area (Å²) in [6, 6.07) is 15.1. The van der Waals surface area contributed by atoms with Crippen LogP contribution < -0.4 is 15.5 Å². The van der Waals surface area contributed by atoms with Gasteiger partial charge in [0.25, 0.3) is 5.91 Å². The monoisotopic (exact) mass is 665 g/mol. The van der Waals surface area contributed by atoms with E-state index in [-0.39, 0.29) is 29.8 Å². The molecule has 5 aromatic rings. The van der Waals surface area contributed by atoms with E-state index in [1.54, 1.807) is 36.8 Å². The zero-order valence-corrected chi connectivity index (χ0v) is 28.8. The van der Waals surface area contributed by atoms with E-state index < -0.39 is 5.34 Å². The lowest BCUT2D eigenvalue weighted by atomic mass is 9.57. The lowest BCUT2D eigenvalue weighted by molar-refractivity contribution is -0.117. The number of aryl methyl sites for hydroxylation is 1. The molecule has 2 fully saturated rings. The van der Waals surface area contributed by atoms with Crippen LogP contribution in [0.3, 0.4) is 0 Å². The molecule has 250 valence electrons. The molecular weight excluding hydrogens is 628 g/mol. The minimum absolute atomic E-state index is 0.000194. The molecule has 8 rings (SSSR count). The Morgan fingerprint density at radius 3 is 2.52 bits per heavy atom. The Kier molecular flexibility index (Phi) is 7.51. The van der Waals surface area contributed by atoms with Crippen LogP contribution in [0.4, 0.5) is 23.0 Å². The molecule has 1 saturated heterocycles. The van der Waals surface area contributed by atoms with Gasteiger partial charge < -0.3 is 25.3 Å². The van der Waals surface area contributed by atoms with Crippen LogP contribution in [0.5, 0.6) is 0 Å². The number of pyridine rings is 1. The molecule has 6 heterocycles. The molecule has 2 aliphatic heterocycles. The van der Waals surface area contributed by atoms with E-state index in [2.05, 4.69) is 55.3 Å². The number of hydrogen-bond donors (Lipinski definition) is 2. The first kappa shape index (κ1) is 32.1. The number of fused-ring (bicyclic) bond motifs is 4. The van der Waals surface area contributed by atoms with Crippen molar-refractivity contribution in [2.45, 2.75) is 44.1 Å². The Labute approximate surface area is 292 Å². The second-order valence-electron chi connectivity index (χ2n) is 13.8. The van der Waals surface area contributed by atoms with Gasteiger partial charge in [-0.2, -0.15) is 14.7 Å².